The predicted octanol–water partition coefficient (Wildman–Crippen LogP) is 0.938. The molecular weight excluding hydrogens is 182 g/mol. The van der Waals surface area contributed by atoms with Crippen molar-refractivity contribution in [3.05, 3.63) is 0 Å². The monoisotopic (exact) mass is 203 g/mol. The van der Waals surface area contributed by atoms with Gasteiger partial charge in [0.25, 0.3) is 0 Å². The fourth-order valence-corrected chi connectivity index (χ4v) is 0.867. The van der Waals surface area contributed by atoms with Gasteiger partial charge in [-0.25, -0.2) is 0 Å². The van der Waals surface area contributed by atoms with E-state index in [1.807, 2.05) is 20.8 Å². The Kier molecular flexibility index (Phi) is 6.49. The van der Waals surface area contributed by atoms with E-state index in [9.17, 15) is 4.79 Å². The number of nitrogens with two attached hydrogens (primary N) is 1. The highest BCUT2D eigenvalue weighted by Crippen LogP contribution is 2.03. The molecular formula is C10H21NO3. The van der Waals surface area contributed by atoms with Gasteiger partial charge in [0.15, 0.2) is 0 Å². The molecule has 0 aromatic carbocycles. The molecule has 4 heteroatoms. The average Bonchev–Trinajstić information content (AvgIpc) is 2.13. The van der Waals surface area contributed by atoms with Gasteiger partial charge >= 0.3 is 5.97 Å². The van der Waals surface area contributed by atoms with E-state index in [0.717, 1.165) is 0 Å². The first-order valence-electron chi connectivity index (χ1n) is 5.02. The minimum absolute atomic E-state index is 0.0989. The Hall–Kier alpha value is -0.610. The summed E-state index contributed by atoms with van der Waals surface area (Å²) in [5, 5.41) is 0. The molecule has 0 saturated carbocycles. The smallest absolute Gasteiger partial charge is 0.323 e. The zero-order chi connectivity index (χ0) is 11.1. The van der Waals surface area contributed by atoms with Gasteiger partial charge in [0.1, 0.15) is 12.1 Å². The lowest BCUT2D eigenvalue weighted by atomic mass is 10.1. The highest BCUT2D eigenvalue weighted by molar-refractivity contribution is 5.75. The van der Waals surface area contributed by atoms with Crippen molar-refractivity contribution in [3.8, 4) is 0 Å². The minimum Gasteiger partial charge on any atom is -0.459 e. The van der Waals surface area contributed by atoms with Gasteiger partial charge in [0.2, 0.25) is 0 Å². The van der Waals surface area contributed by atoms with Crippen molar-refractivity contribution in [1.82, 2.24) is 0 Å². The van der Waals surface area contributed by atoms with Crippen molar-refractivity contribution >= 4 is 5.97 Å². The van der Waals surface area contributed by atoms with E-state index in [0.29, 0.717) is 13.2 Å². The third kappa shape index (κ3) is 5.19. The molecule has 4 nitrogen and oxygen atoms in total. The Labute approximate surface area is 85.8 Å². The summed E-state index contributed by atoms with van der Waals surface area (Å²) < 4.78 is 10.2. The fourth-order valence-electron chi connectivity index (χ4n) is 0.867. The van der Waals surface area contributed by atoms with E-state index >= 15 is 0 Å². The van der Waals surface area contributed by atoms with Crippen LogP contribution in [0, 0.1) is 5.92 Å². The largest absolute Gasteiger partial charge is 0.459 e. The number of ether oxygens (including phenoxy) is 2. The third-order valence-corrected chi connectivity index (χ3v) is 1.86. The summed E-state index contributed by atoms with van der Waals surface area (Å²) in [4.78, 5) is 11.4. The van der Waals surface area contributed by atoms with Crippen molar-refractivity contribution in [3.63, 3.8) is 0 Å². The fraction of sp³-hybridized carbons (Fsp3) is 0.900. The first-order valence-corrected chi connectivity index (χ1v) is 5.02. The van der Waals surface area contributed by atoms with E-state index in [1.165, 1.54) is 0 Å². The van der Waals surface area contributed by atoms with Crippen LogP contribution in [0.5, 0.6) is 0 Å². The number of carbonyl (C=O) groups excluding carboxylic acids is 1. The van der Waals surface area contributed by atoms with Crippen LogP contribution in [0.4, 0.5) is 0 Å². The van der Waals surface area contributed by atoms with Crippen LogP contribution in [-0.4, -0.2) is 31.3 Å². The molecule has 0 rings (SSSR count). The molecule has 0 heterocycles. The van der Waals surface area contributed by atoms with E-state index in [4.69, 9.17) is 15.2 Å². The van der Waals surface area contributed by atoms with E-state index in [2.05, 4.69) is 0 Å². The van der Waals surface area contributed by atoms with Gasteiger partial charge in [0.05, 0.1) is 6.61 Å². The quantitative estimate of drug-likeness (QED) is 0.652. The Morgan fingerprint density at radius 2 is 1.93 bits per heavy atom. The molecule has 0 aliphatic carbocycles. The molecule has 0 spiro atoms. The van der Waals surface area contributed by atoms with Crippen LogP contribution in [0.25, 0.3) is 0 Å². The summed E-state index contributed by atoms with van der Waals surface area (Å²) in [6.45, 7) is 8.51. The summed E-state index contributed by atoms with van der Waals surface area (Å²) in [6.07, 6.45) is -0.229. The Balaban J connectivity index is 3.81. The van der Waals surface area contributed by atoms with Crippen molar-refractivity contribution in [2.45, 2.75) is 39.8 Å². The molecule has 84 valence electrons. The van der Waals surface area contributed by atoms with Crippen molar-refractivity contribution in [2.24, 2.45) is 11.7 Å². The van der Waals surface area contributed by atoms with Crippen LogP contribution >= 0.6 is 0 Å². The van der Waals surface area contributed by atoms with E-state index in [-0.39, 0.29) is 18.0 Å². The second-order valence-corrected chi connectivity index (χ2v) is 3.68. The van der Waals surface area contributed by atoms with Crippen LogP contribution in [0.2, 0.25) is 0 Å². The zero-order valence-electron chi connectivity index (χ0n) is 9.45. The van der Waals surface area contributed by atoms with Gasteiger partial charge in [-0.2, -0.15) is 0 Å². The van der Waals surface area contributed by atoms with Crippen LogP contribution in [0.3, 0.4) is 0 Å². The van der Waals surface area contributed by atoms with E-state index in [1.54, 1.807) is 6.92 Å². The van der Waals surface area contributed by atoms with Gasteiger partial charge in [-0.1, -0.05) is 13.8 Å². The van der Waals surface area contributed by atoms with Crippen LogP contribution in [0.1, 0.15) is 27.7 Å². The maximum absolute atomic E-state index is 11.4. The lowest BCUT2D eigenvalue weighted by Crippen LogP contribution is -2.39. The molecule has 0 aliphatic heterocycles. The third-order valence-electron chi connectivity index (χ3n) is 1.86. The highest BCUT2D eigenvalue weighted by atomic mass is 16.6. The van der Waals surface area contributed by atoms with Crippen molar-refractivity contribution < 1.29 is 14.3 Å². The zero-order valence-corrected chi connectivity index (χ0v) is 9.45. The topological polar surface area (TPSA) is 61.5 Å². The Morgan fingerprint density at radius 3 is 2.36 bits per heavy atom. The van der Waals surface area contributed by atoms with E-state index < -0.39 is 6.04 Å². The lowest BCUT2D eigenvalue weighted by molar-refractivity contribution is -0.153. The number of carbonyl (C=O) groups is 1. The first-order chi connectivity index (χ1) is 6.49. The van der Waals surface area contributed by atoms with Gasteiger partial charge in [-0.3, -0.25) is 4.79 Å². The molecule has 0 saturated heterocycles. The standard InChI is InChI=1S/C10H21NO3/c1-5-13-6-8(4)14-10(12)9(11)7(2)3/h7-9H,5-6,11H2,1-4H3/t8?,9-/m0/s1. The van der Waals surface area contributed by atoms with Gasteiger partial charge in [-0.15, -0.1) is 0 Å². The SMILES string of the molecule is CCOCC(C)OC(=O)[C@@H](N)C(C)C. The molecule has 0 bridgehead atoms. The number of hydrogen-bond acceptors (Lipinski definition) is 4. The highest BCUT2D eigenvalue weighted by Gasteiger charge is 2.20. The maximum atomic E-state index is 11.4. The summed E-state index contributed by atoms with van der Waals surface area (Å²) in [5.74, 6) is -0.256. The normalized spacial score (nSPS) is 15.3. The molecule has 0 aromatic heterocycles. The minimum atomic E-state index is -0.543. The molecule has 0 fully saturated rings. The molecule has 1 unspecified atom stereocenters. The second kappa shape index (κ2) is 6.79. The number of esters is 1. The van der Waals surface area contributed by atoms with Gasteiger partial charge in [-0.05, 0) is 19.8 Å². The molecule has 14 heavy (non-hydrogen) atoms. The number of rotatable bonds is 6. The second-order valence-electron chi connectivity index (χ2n) is 3.68. The average molecular weight is 203 g/mol. The maximum Gasteiger partial charge on any atom is 0.323 e. The van der Waals surface area contributed by atoms with Crippen LogP contribution in [0.15, 0.2) is 0 Å². The summed E-state index contributed by atoms with van der Waals surface area (Å²) in [7, 11) is 0. The summed E-state index contributed by atoms with van der Waals surface area (Å²) >= 11 is 0. The molecule has 0 radical (unpaired) electrons. The Bertz CT molecular complexity index is 171. The Morgan fingerprint density at radius 1 is 1.36 bits per heavy atom. The van der Waals surface area contributed by atoms with Crippen LogP contribution < -0.4 is 5.73 Å². The molecule has 0 aromatic rings. The predicted molar refractivity (Wildman–Crippen MR) is 54.9 cm³/mol. The van der Waals surface area contributed by atoms with Crippen LogP contribution in [-0.2, 0) is 14.3 Å². The summed E-state index contributed by atoms with van der Waals surface area (Å²) in [6, 6.07) is -0.543. The van der Waals surface area contributed by atoms with Crippen molar-refractivity contribution in [2.75, 3.05) is 13.2 Å². The molecule has 0 amide bonds. The number of hydrogen-bond donors (Lipinski definition) is 1. The van der Waals surface area contributed by atoms with Gasteiger partial charge < -0.3 is 15.2 Å². The summed E-state index contributed by atoms with van der Waals surface area (Å²) in [5.41, 5.74) is 5.62. The lowest BCUT2D eigenvalue weighted by Gasteiger charge is -2.18. The molecule has 2 N–H and O–H groups in total. The van der Waals surface area contributed by atoms with Gasteiger partial charge in [0, 0.05) is 6.61 Å². The molecule has 2 atom stereocenters. The molecule has 0 aliphatic rings. The van der Waals surface area contributed by atoms with Crippen molar-refractivity contribution in [1.29, 1.82) is 0 Å². The first kappa shape index (κ1) is 13.4.